The Labute approximate surface area is 156 Å². The Morgan fingerprint density at radius 1 is 1.15 bits per heavy atom. The molecule has 0 saturated carbocycles. The SMILES string of the molecule is O=C(O)c1cc(NS(=O)(=O)c2cccc(F)c2)cnc1N1CCCCCC1. The molecule has 0 bridgehead atoms. The summed E-state index contributed by atoms with van der Waals surface area (Å²) >= 11 is 0. The average molecular weight is 393 g/mol. The van der Waals surface area contributed by atoms with Gasteiger partial charge in [0.2, 0.25) is 0 Å². The molecular weight excluding hydrogens is 373 g/mol. The molecule has 1 saturated heterocycles. The van der Waals surface area contributed by atoms with Crippen molar-refractivity contribution in [2.24, 2.45) is 0 Å². The number of carboxylic acids is 1. The molecule has 1 aliphatic heterocycles. The second kappa shape index (κ2) is 7.91. The number of aromatic carboxylic acids is 1. The molecule has 0 radical (unpaired) electrons. The van der Waals surface area contributed by atoms with E-state index in [0.29, 0.717) is 18.9 Å². The number of nitrogens with one attached hydrogen (secondary N) is 1. The highest BCUT2D eigenvalue weighted by atomic mass is 32.2. The Hall–Kier alpha value is -2.68. The maximum absolute atomic E-state index is 13.3. The van der Waals surface area contributed by atoms with Crippen LogP contribution in [0.4, 0.5) is 15.9 Å². The largest absolute Gasteiger partial charge is 0.478 e. The highest BCUT2D eigenvalue weighted by Gasteiger charge is 2.21. The molecule has 1 aromatic carbocycles. The summed E-state index contributed by atoms with van der Waals surface area (Å²) < 4.78 is 40.4. The second-order valence-corrected chi connectivity index (χ2v) is 8.05. The maximum atomic E-state index is 13.3. The van der Waals surface area contributed by atoms with Gasteiger partial charge in [-0.1, -0.05) is 18.9 Å². The third-order valence-electron chi connectivity index (χ3n) is 4.36. The summed E-state index contributed by atoms with van der Waals surface area (Å²) in [5.74, 6) is -1.54. The Bertz CT molecular complexity index is 941. The van der Waals surface area contributed by atoms with Crippen LogP contribution in [0.2, 0.25) is 0 Å². The van der Waals surface area contributed by atoms with Crippen LogP contribution in [-0.2, 0) is 10.0 Å². The van der Waals surface area contributed by atoms with Gasteiger partial charge in [0.25, 0.3) is 10.0 Å². The summed E-state index contributed by atoms with van der Waals surface area (Å²) in [6.45, 7) is 1.42. The van der Waals surface area contributed by atoms with E-state index in [9.17, 15) is 22.7 Å². The summed E-state index contributed by atoms with van der Waals surface area (Å²) in [5.41, 5.74) is -0.0634. The van der Waals surface area contributed by atoms with Crippen molar-refractivity contribution in [1.29, 1.82) is 0 Å². The Morgan fingerprint density at radius 3 is 2.48 bits per heavy atom. The van der Waals surface area contributed by atoms with Crippen LogP contribution < -0.4 is 9.62 Å². The number of hydrogen-bond acceptors (Lipinski definition) is 5. The minimum Gasteiger partial charge on any atom is -0.478 e. The number of carboxylic acid groups (broad SMARTS) is 1. The molecule has 3 rings (SSSR count). The molecule has 2 heterocycles. The molecule has 9 heteroatoms. The molecule has 0 amide bonds. The van der Waals surface area contributed by atoms with E-state index in [2.05, 4.69) is 9.71 Å². The first-order valence-electron chi connectivity index (χ1n) is 8.63. The van der Waals surface area contributed by atoms with Gasteiger partial charge in [-0.25, -0.2) is 22.6 Å². The Balaban J connectivity index is 1.91. The fourth-order valence-electron chi connectivity index (χ4n) is 3.05. The molecule has 1 aliphatic rings. The van der Waals surface area contributed by atoms with Gasteiger partial charge in [0.15, 0.2) is 0 Å². The van der Waals surface area contributed by atoms with Crippen molar-refractivity contribution in [2.75, 3.05) is 22.7 Å². The van der Waals surface area contributed by atoms with Crippen LogP contribution in [0, 0.1) is 5.82 Å². The number of pyridine rings is 1. The van der Waals surface area contributed by atoms with Gasteiger partial charge in [-0.15, -0.1) is 0 Å². The summed E-state index contributed by atoms with van der Waals surface area (Å²) in [6.07, 6.45) is 5.36. The van der Waals surface area contributed by atoms with Gasteiger partial charge in [0, 0.05) is 13.1 Å². The van der Waals surface area contributed by atoms with Crippen molar-refractivity contribution in [1.82, 2.24) is 4.98 Å². The predicted octanol–water partition coefficient (Wildman–Crippen LogP) is 3.10. The van der Waals surface area contributed by atoms with Crippen LogP contribution in [-0.4, -0.2) is 37.6 Å². The number of hydrogen-bond donors (Lipinski definition) is 2. The van der Waals surface area contributed by atoms with E-state index in [1.54, 1.807) is 0 Å². The zero-order valence-electron chi connectivity index (χ0n) is 14.6. The van der Waals surface area contributed by atoms with Crippen LogP contribution in [0.15, 0.2) is 41.4 Å². The summed E-state index contributed by atoms with van der Waals surface area (Å²) in [6, 6.07) is 5.81. The molecule has 0 aliphatic carbocycles. The average Bonchev–Trinajstić information content (AvgIpc) is 2.90. The lowest BCUT2D eigenvalue weighted by Gasteiger charge is -2.23. The summed E-state index contributed by atoms with van der Waals surface area (Å²) in [4.78, 5) is 17.6. The van der Waals surface area contributed by atoms with Crippen LogP contribution in [0.25, 0.3) is 0 Å². The van der Waals surface area contributed by atoms with E-state index in [1.807, 2.05) is 4.90 Å². The molecule has 27 heavy (non-hydrogen) atoms. The molecular formula is C18H20FN3O4S. The van der Waals surface area contributed by atoms with Crippen molar-refractivity contribution >= 4 is 27.5 Å². The first-order valence-corrected chi connectivity index (χ1v) is 10.1. The minimum absolute atomic E-state index is 0.00948. The highest BCUT2D eigenvalue weighted by Crippen LogP contribution is 2.25. The lowest BCUT2D eigenvalue weighted by atomic mass is 10.2. The molecule has 0 atom stereocenters. The lowest BCUT2D eigenvalue weighted by molar-refractivity contribution is 0.0697. The van der Waals surface area contributed by atoms with E-state index >= 15 is 0 Å². The molecule has 2 N–H and O–H groups in total. The zero-order chi connectivity index (χ0) is 19.4. The quantitative estimate of drug-likeness (QED) is 0.810. The van der Waals surface area contributed by atoms with Gasteiger partial charge in [0.05, 0.1) is 16.8 Å². The van der Waals surface area contributed by atoms with Crippen molar-refractivity contribution in [3.8, 4) is 0 Å². The van der Waals surface area contributed by atoms with Crippen LogP contribution in [0.5, 0.6) is 0 Å². The maximum Gasteiger partial charge on any atom is 0.339 e. The first-order chi connectivity index (χ1) is 12.9. The van der Waals surface area contributed by atoms with Crippen molar-refractivity contribution in [3.05, 3.63) is 47.9 Å². The van der Waals surface area contributed by atoms with E-state index in [1.165, 1.54) is 24.4 Å². The number of sulfonamides is 1. The standard InChI is InChI=1S/C18H20FN3O4S/c19-13-6-5-7-15(10-13)27(25,26)21-14-11-16(18(23)24)17(20-12-14)22-8-3-1-2-4-9-22/h5-7,10-12,21H,1-4,8-9H2,(H,23,24). The minimum atomic E-state index is -4.06. The van der Waals surface area contributed by atoms with Gasteiger partial charge in [-0.2, -0.15) is 0 Å². The predicted molar refractivity (Wildman–Crippen MR) is 99.1 cm³/mol. The van der Waals surface area contributed by atoms with E-state index in [0.717, 1.165) is 37.8 Å². The summed E-state index contributed by atoms with van der Waals surface area (Å²) in [7, 11) is -4.06. The van der Waals surface area contributed by atoms with Crippen molar-refractivity contribution in [3.63, 3.8) is 0 Å². The van der Waals surface area contributed by atoms with Gasteiger partial charge in [0.1, 0.15) is 17.2 Å². The second-order valence-electron chi connectivity index (χ2n) is 6.36. The molecule has 1 fully saturated rings. The number of rotatable bonds is 5. The van der Waals surface area contributed by atoms with Gasteiger partial charge in [-0.05, 0) is 37.1 Å². The fraction of sp³-hybridized carbons (Fsp3) is 0.333. The van der Waals surface area contributed by atoms with E-state index in [-0.39, 0.29) is 16.1 Å². The highest BCUT2D eigenvalue weighted by molar-refractivity contribution is 7.92. The van der Waals surface area contributed by atoms with Crippen LogP contribution >= 0.6 is 0 Å². The Kier molecular flexibility index (Phi) is 5.59. The lowest BCUT2D eigenvalue weighted by Crippen LogP contribution is -2.27. The van der Waals surface area contributed by atoms with Crippen molar-refractivity contribution < 1.29 is 22.7 Å². The topological polar surface area (TPSA) is 99.6 Å². The number of aromatic nitrogens is 1. The molecule has 0 spiro atoms. The molecule has 1 aromatic heterocycles. The number of nitrogens with zero attached hydrogens (tertiary/aromatic N) is 2. The van der Waals surface area contributed by atoms with Crippen LogP contribution in [0.1, 0.15) is 36.0 Å². The van der Waals surface area contributed by atoms with E-state index in [4.69, 9.17) is 0 Å². The fourth-order valence-corrected chi connectivity index (χ4v) is 4.12. The normalized spacial score (nSPS) is 15.2. The van der Waals surface area contributed by atoms with Crippen LogP contribution in [0.3, 0.4) is 0 Å². The molecule has 2 aromatic rings. The third-order valence-corrected chi connectivity index (χ3v) is 5.74. The first kappa shape index (κ1) is 19.1. The van der Waals surface area contributed by atoms with Gasteiger partial charge < -0.3 is 10.0 Å². The van der Waals surface area contributed by atoms with Gasteiger partial charge in [-0.3, -0.25) is 4.72 Å². The zero-order valence-corrected chi connectivity index (χ0v) is 15.4. The monoisotopic (exact) mass is 393 g/mol. The van der Waals surface area contributed by atoms with Crippen molar-refractivity contribution in [2.45, 2.75) is 30.6 Å². The smallest absolute Gasteiger partial charge is 0.339 e. The number of anilines is 2. The third kappa shape index (κ3) is 4.54. The van der Waals surface area contributed by atoms with E-state index < -0.39 is 21.8 Å². The molecule has 0 unspecified atom stereocenters. The summed E-state index contributed by atoms with van der Waals surface area (Å²) in [5, 5.41) is 9.55. The molecule has 144 valence electrons. The number of carbonyl (C=O) groups is 1. The number of benzene rings is 1. The van der Waals surface area contributed by atoms with Gasteiger partial charge >= 0.3 is 5.97 Å². The number of halogens is 1. The Morgan fingerprint density at radius 2 is 1.85 bits per heavy atom. The molecule has 7 nitrogen and oxygen atoms in total.